The molecule has 1 aliphatic rings. The van der Waals surface area contributed by atoms with Gasteiger partial charge in [-0.2, -0.15) is 5.10 Å². The zero-order chi connectivity index (χ0) is 24.4. The van der Waals surface area contributed by atoms with Gasteiger partial charge in [-0.15, -0.1) is 0 Å². The minimum absolute atomic E-state index is 0.143. The lowest BCUT2D eigenvalue weighted by molar-refractivity contribution is -0.149. The van der Waals surface area contributed by atoms with Crippen LogP contribution in [0.2, 0.25) is 10.0 Å². The number of benzene rings is 2. The number of hydrogen-bond donors (Lipinski definition) is 0. The van der Waals surface area contributed by atoms with E-state index in [1.54, 1.807) is 34.7 Å². The second-order valence-electron chi connectivity index (χ2n) is 8.54. The van der Waals surface area contributed by atoms with Gasteiger partial charge in [-0.1, -0.05) is 35.3 Å². The summed E-state index contributed by atoms with van der Waals surface area (Å²) >= 11 is 12.4. The minimum Gasteiger partial charge on any atom is -0.466 e. The molecule has 0 unspecified atom stereocenters. The number of carbonyl (C=O) groups excluding carboxylic acids is 2. The van der Waals surface area contributed by atoms with Crippen LogP contribution < -0.4 is 0 Å². The highest BCUT2D eigenvalue weighted by atomic mass is 35.5. The maximum Gasteiger partial charge on any atom is 0.309 e. The van der Waals surface area contributed by atoms with Crippen molar-refractivity contribution in [3.05, 3.63) is 69.3 Å². The third kappa shape index (κ3) is 4.98. The van der Waals surface area contributed by atoms with Crippen molar-refractivity contribution in [1.82, 2.24) is 14.7 Å². The zero-order valence-corrected chi connectivity index (χ0v) is 21.0. The first-order valence-electron chi connectivity index (χ1n) is 11.4. The molecule has 0 aliphatic carbocycles. The molecule has 8 heteroatoms. The summed E-state index contributed by atoms with van der Waals surface area (Å²) in [6.07, 6.45) is 1.16. The molecule has 0 bridgehead atoms. The molecule has 1 aliphatic heterocycles. The average molecular weight is 500 g/mol. The number of aromatic nitrogens is 2. The van der Waals surface area contributed by atoms with E-state index in [1.807, 2.05) is 18.2 Å². The summed E-state index contributed by atoms with van der Waals surface area (Å²) in [5.74, 6) is -0.501. The Hall–Kier alpha value is -2.83. The first-order chi connectivity index (χ1) is 16.3. The fourth-order valence-electron chi connectivity index (χ4n) is 4.13. The van der Waals surface area contributed by atoms with E-state index in [9.17, 15) is 9.59 Å². The van der Waals surface area contributed by atoms with E-state index in [4.69, 9.17) is 33.0 Å². The second kappa shape index (κ2) is 10.2. The SMILES string of the molecule is CCOC(=O)C1CCN(C(=O)c2cc(-c3ccc(C)c(C)c3)nn2-c2ccc(Cl)c(Cl)c2)CC1. The Morgan fingerprint density at radius 2 is 1.74 bits per heavy atom. The van der Waals surface area contributed by atoms with Crippen LogP contribution in [0.15, 0.2) is 42.5 Å². The standard InChI is InChI=1S/C26H27Cl2N3O3/c1-4-34-26(33)18-9-11-30(12-10-18)25(32)24-15-23(19-6-5-16(2)17(3)13-19)29-31(24)20-7-8-21(27)22(28)14-20/h5-8,13-15,18H,4,9-12H2,1-3H3. The monoisotopic (exact) mass is 499 g/mol. The molecule has 3 aromatic rings. The van der Waals surface area contributed by atoms with Crippen LogP contribution in [0.25, 0.3) is 16.9 Å². The third-order valence-corrected chi connectivity index (χ3v) is 7.02. The van der Waals surface area contributed by atoms with Crippen LogP contribution in [0.3, 0.4) is 0 Å². The van der Waals surface area contributed by atoms with E-state index < -0.39 is 0 Å². The number of halogens is 2. The summed E-state index contributed by atoms with van der Waals surface area (Å²) in [7, 11) is 0. The molecule has 2 aromatic carbocycles. The lowest BCUT2D eigenvalue weighted by Gasteiger charge is -2.30. The van der Waals surface area contributed by atoms with Gasteiger partial charge in [0.1, 0.15) is 5.69 Å². The Bertz CT molecular complexity index is 1230. The Balaban J connectivity index is 1.68. The van der Waals surface area contributed by atoms with Gasteiger partial charge in [0.2, 0.25) is 0 Å². The fraction of sp³-hybridized carbons (Fsp3) is 0.346. The number of piperidine rings is 1. The van der Waals surface area contributed by atoms with E-state index in [1.165, 1.54) is 5.56 Å². The molecule has 34 heavy (non-hydrogen) atoms. The molecule has 0 saturated carbocycles. The molecule has 6 nitrogen and oxygen atoms in total. The summed E-state index contributed by atoms with van der Waals surface area (Å²) in [4.78, 5) is 27.5. The summed E-state index contributed by atoms with van der Waals surface area (Å²) in [5.41, 5.74) is 5.04. The summed E-state index contributed by atoms with van der Waals surface area (Å²) in [6, 6.07) is 13.1. The van der Waals surface area contributed by atoms with Gasteiger partial charge >= 0.3 is 5.97 Å². The largest absolute Gasteiger partial charge is 0.466 e. The van der Waals surface area contributed by atoms with Gasteiger partial charge in [-0.05, 0) is 75.1 Å². The Labute approximate surface area is 209 Å². The van der Waals surface area contributed by atoms with E-state index >= 15 is 0 Å². The van der Waals surface area contributed by atoms with Crippen molar-refractivity contribution in [2.45, 2.75) is 33.6 Å². The maximum absolute atomic E-state index is 13.6. The van der Waals surface area contributed by atoms with Gasteiger partial charge in [0.05, 0.1) is 34.0 Å². The molecule has 4 rings (SSSR count). The number of ether oxygens (including phenoxy) is 1. The molecule has 0 radical (unpaired) electrons. The number of nitrogens with zero attached hydrogens (tertiary/aromatic N) is 3. The van der Waals surface area contributed by atoms with Gasteiger partial charge in [0.15, 0.2) is 0 Å². The number of likely N-dealkylation sites (tertiary alicyclic amines) is 1. The number of esters is 1. The van der Waals surface area contributed by atoms with Crippen molar-refractivity contribution in [3.63, 3.8) is 0 Å². The van der Waals surface area contributed by atoms with E-state index in [-0.39, 0.29) is 17.8 Å². The molecular weight excluding hydrogens is 473 g/mol. The van der Waals surface area contributed by atoms with Crippen LogP contribution in [0, 0.1) is 19.8 Å². The smallest absolute Gasteiger partial charge is 0.309 e. The van der Waals surface area contributed by atoms with Gasteiger partial charge in [-0.25, -0.2) is 4.68 Å². The van der Waals surface area contributed by atoms with Crippen LogP contribution >= 0.6 is 23.2 Å². The molecule has 1 fully saturated rings. The van der Waals surface area contributed by atoms with Gasteiger partial charge in [0.25, 0.3) is 5.91 Å². The Morgan fingerprint density at radius 3 is 2.38 bits per heavy atom. The molecule has 2 heterocycles. The van der Waals surface area contributed by atoms with Crippen LogP contribution in [0.1, 0.15) is 41.4 Å². The predicted octanol–water partition coefficient (Wildman–Crippen LogP) is 5.88. The van der Waals surface area contributed by atoms with Gasteiger partial charge in [0, 0.05) is 18.7 Å². The van der Waals surface area contributed by atoms with Crippen molar-refractivity contribution in [2.75, 3.05) is 19.7 Å². The normalized spacial score (nSPS) is 14.3. The van der Waals surface area contributed by atoms with Gasteiger partial charge in [-0.3, -0.25) is 9.59 Å². The van der Waals surface area contributed by atoms with Crippen molar-refractivity contribution in [2.24, 2.45) is 5.92 Å². The second-order valence-corrected chi connectivity index (χ2v) is 9.36. The summed E-state index contributed by atoms with van der Waals surface area (Å²) < 4.78 is 6.77. The first kappa shape index (κ1) is 24.3. The van der Waals surface area contributed by atoms with Crippen molar-refractivity contribution >= 4 is 35.1 Å². The van der Waals surface area contributed by atoms with Crippen LogP contribution in [0.4, 0.5) is 0 Å². The number of rotatable bonds is 5. The number of hydrogen-bond acceptors (Lipinski definition) is 4. The van der Waals surface area contributed by atoms with E-state index in [0.29, 0.717) is 59.7 Å². The highest BCUT2D eigenvalue weighted by Gasteiger charge is 2.30. The number of amides is 1. The summed E-state index contributed by atoms with van der Waals surface area (Å²) in [5, 5.41) is 5.59. The Morgan fingerprint density at radius 1 is 1.00 bits per heavy atom. The molecule has 0 spiro atoms. The van der Waals surface area contributed by atoms with Crippen molar-refractivity contribution < 1.29 is 14.3 Å². The van der Waals surface area contributed by atoms with Gasteiger partial charge < -0.3 is 9.64 Å². The molecule has 0 atom stereocenters. The third-order valence-electron chi connectivity index (χ3n) is 6.28. The lowest BCUT2D eigenvalue weighted by Crippen LogP contribution is -2.41. The first-order valence-corrected chi connectivity index (χ1v) is 12.1. The highest BCUT2D eigenvalue weighted by Crippen LogP contribution is 2.29. The minimum atomic E-state index is -0.188. The maximum atomic E-state index is 13.6. The van der Waals surface area contributed by atoms with E-state index in [0.717, 1.165) is 11.1 Å². The predicted molar refractivity (Wildman–Crippen MR) is 134 cm³/mol. The quantitative estimate of drug-likeness (QED) is 0.411. The van der Waals surface area contributed by atoms with Crippen LogP contribution in [-0.2, 0) is 9.53 Å². The molecular formula is C26H27Cl2N3O3. The molecule has 1 saturated heterocycles. The lowest BCUT2D eigenvalue weighted by atomic mass is 9.97. The zero-order valence-electron chi connectivity index (χ0n) is 19.5. The number of aryl methyl sites for hydroxylation is 2. The number of carbonyl (C=O) groups is 2. The fourth-order valence-corrected chi connectivity index (χ4v) is 4.42. The molecule has 1 amide bonds. The average Bonchev–Trinajstić information content (AvgIpc) is 3.28. The van der Waals surface area contributed by atoms with Crippen molar-refractivity contribution in [1.29, 1.82) is 0 Å². The van der Waals surface area contributed by atoms with Crippen LogP contribution in [-0.4, -0.2) is 46.3 Å². The van der Waals surface area contributed by atoms with Crippen molar-refractivity contribution in [3.8, 4) is 16.9 Å². The molecule has 1 aromatic heterocycles. The summed E-state index contributed by atoms with van der Waals surface area (Å²) in [6.45, 7) is 7.23. The van der Waals surface area contributed by atoms with Crippen LogP contribution in [0.5, 0.6) is 0 Å². The molecule has 0 N–H and O–H groups in total. The topological polar surface area (TPSA) is 64.4 Å². The van der Waals surface area contributed by atoms with E-state index in [2.05, 4.69) is 19.9 Å². The Kier molecular flexibility index (Phi) is 7.29. The highest BCUT2D eigenvalue weighted by molar-refractivity contribution is 6.42. The molecule has 178 valence electrons.